The number of hydrogen-bond acceptors (Lipinski definition) is 6. The van der Waals surface area contributed by atoms with Crippen LogP contribution in [-0.4, -0.2) is 46.4 Å². The molecule has 0 saturated heterocycles. The molecule has 14 heteroatoms. The number of aromatic nitrogens is 6. The Balaban J connectivity index is 0. The molecule has 330 valence electrons. The Morgan fingerprint density at radius 3 is 0.803 bits per heavy atom. The van der Waals surface area contributed by atoms with E-state index in [1.165, 1.54) is 0 Å². The third-order valence-corrected chi connectivity index (χ3v) is 12.7. The van der Waals surface area contributed by atoms with Crippen LogP contribution < -0.4 is 0 Å². The molecule has 10 nitrogen and oxygen atoms in total. The van der Waals surface area contributed by atoms with E-state index in [1.807, 2.05) is 130 Å². The summed E-state index contributed by atoms with van der Waals surface area (Å²) in [6, 6.07) is 35.6. The van der Waals surface area contributed by atoms with Crippen molar-refractivity contribution in [2.45, 2.75) is 114 Å². The molecule has 6 rings (SSSR count). The minimum atomic E-state index is -1.11. The Bertz CT molecular complexity index is 1750. The van der Waals surface area contributed by atoms with Gasteiger partial charge in [0.05, 0.1) is 0 Å². The van der Waals surface area contributed by atoms with Gasteiger partial charge in [-0.25, -0.2) is 0 Å². The first-order chi connectivity index (χ1) is 27.2. The van der Waals surface area contributed by atoms with Crippen molar-refractivity contribution in [2.75, 3.05) is 0 Å². The van der Waals surface area contributed by atoms with Gasteiger partial charge in [-0.15, -0.1) is 39.3 Å². The van der Waals surface area contributed by atoms with Crippen molar-refractivity contribution in [3.8, 4) is 0 Å². The van der Waals surface area contributed by atoms with Gasteiger partial charge in [0.1, 0.15) is 0 Å². The van der Waals surface area contributed by atoms with E-state index < -0.39 is 16.5 Å². The van der Waals surface area contributed by atoms with Crippen LogP contribution in [0.1, 0.15) is 66.1 Å². The third-order valence-electron chi connectivity index (χ3n) is 7.33. The molecule has 0 bridgehead atoms. The Morgan fingerprint density at radius 2 is 0.607 bits per heavy atom. The van der Waals surface area contributed by atoms with Gasteiger partial charge in [0.15, 0.2) is 0 Å². The fraction of sp³-hybridized carbons (Fsp3) is 0.362. The van der Waals surface area contributed by atoms with Gasteiger partial charge in [-0.05, 0) is 93.6 Å². The summed E-state index contributed by atoms with van der Waals surface area (Å²) in [5.41, 5.74) is 9.12. The molecule has 0 unspecified atom stereocenters. The minimum absolute atomic E-state index is 0. The summed E-state index contributed by atoms with van der Waals surface area (Å²) in [5.74, 6) is 0. The normalized spacial score (nSPS) is 10.2. The molecule has 6 aromatic rings. The van der Waals surface area contributed by atoms with E-state index in [0.29, 0.717) is 39.3 Å². The fourth-order valence-electron chi connectivity index (χ4n) is 5.40. The molecule has 0 saturated carbocycles. The van der Waals surface area contributed by atoms with Gasteiger partial charge in [0.2, 0.25) is 0 Å². The summed E-state index contributed by atoms with van der Waals surface area (Å²) >= 11 is 0. The van der Waals surface area contributed by atoms with Crippen molar-refractivity contribution in [1.82, 2.24) is 29.9 Å². The minimum Gasteiger partial charge on any atom is -0.668 e. The maximum atomic E-state index is 4.82. The topological polar surface area (TPSA) is 134 Å². The van der Waals surface area contributed by atoms with Crippen LogP contribution in [0.2, 0.25) is 39.3 Å². The van der Waals surface area contributed by atoms with E-state index in [4.69, 9.17) is 4.65 Å². The number of hydrogen-bond donors (Lipinski definition) is 0. The van der Waals surface area contributed by atoms with Crippen LogP contribution in [0, 0.1) is 20.8 Å². The summed E-state index contributed by atoms with van der Waals surface area (Å²) in [5, 5.41) is 13.3. The van der Waals surface area contributed by atoms with E-state index in [1.54, 1.807) is 18.6 Å². The second-order valence-corrected chi connectivity index (χ2v) is 24.9. The molecule has 0 spiro atoms. The molecule has 6 heterocycles. The number of aryl methyl sites for hydroxylation is 3. The van der Waals surface area contributed by atoms with Crippen LogP contribution in [0.15, 0.2) is 128 Å². The van der Waals surface area contributed by atoms with Gasteiger partial charge < -0.3 is 20.6 Å². The summed E-state index contributed by atoms with van der Waals surface area (Å²) in [6.07, 6.45) is 5.36. The van der Waals surface area contributed by atoms with Crippen LogP contribution in [-0.2, 0) is 73.4 Å². The van der Waals surface area contributed by atoms with Gasteiger partial charge in [-0.1, -0.05) is 107 Å². The maximum Gasteiger partial charge on any atom is 2.00 e. The zero-order valence-corrected chi connectivity index (χ0v) is 40.3. The summed E-state index contributed by atoms with van der Waals surface area (Å²) in [7, 11) is -2.21. The van der Waals surface area contributed by atoms with Crippen molar-refractivity contribution in [3.63, 3.8) is 0 Å². The molecule has 6 aromatic heterocycles. The second-order valence-electron chi connectivity index (χ2n) is 15.3. The Morgan fingerprint density at radius 1 is 0.361 bits per heavy atom. The molecule has 0 aliphatic heterocycles. The smallest absolute Gasteiger partial charge is 0.668 e. The van der Waals surface area contributed by atoms with Crippen molar-refractivity contribution in [2.24, 2.45) is 0 Å². The summed E-state index contributed by atoms with van der Waals surface area (Å²) in [6.45, 7) is 23.6. The van der Waals surface area contributed by atoms with Crippen molar-refractivity contribution < 1.29 is 34.1 Å². The van der Waals surface area contributed by atoms with Gasteiger partial charge in [0.25, 0.3) is 0 Å². The van der Waals surface area contributed by atoms with Crippen molar-refractivity contribution in [1.29, 1.82) is 0 Å². The molecule has 0 atom stereocenters. The van der Waals surface area contributed by atoms with Crippen molar-refractivity contribution in [3.05, 3.63) is 200 Å². The zero-order valence-electron chi connectivity index (χ0n) is 36.0. The molecule has 0 aliphatic carbocycles. The molecule has 0 aliphatic rings. The van der Waals surface area contributed by atoms with E-state index in [9.17, 15) is 0 Å². The van der Waals surface area contributed by atoms with E-state index in [0.717, 1.165) is 51.2 Å². The first kappa shape index (κ1) is 59.3. The van der Waals surface area contributed by atoms with Crippen LogP contribution in [0.3, 0.4) is 0 Å². The van der Waals surface area contributed by atoms with E-state index in [-0.39, 0.29) is 49.0 Å². The van der Waals surface area contributed by atoms with Gasteiger partial charge >= 0.3 is 34.1 Å². The molecular weight excluding hydrogens is 872 g/mol. The number of pyridine rings is 6. The SMILES string of the molecule is C.C.C[Si](C)(C)[N-][Si](C)(C)C.Cc1cccc(C[N-]Cc2ccccn2)n1.Cc1cccc(C[N-]Cc2ccccn2)n1.Cc1cccc(C[N-]Cc2ccccn2)n1.[Fe+2].[Fe+2]. The fourth-order valence-corrected chi connectivity index (χ4v) is 13.4. The zero-order chi connectivity index (χ0) is 41.4. The number of nitrogens with zero attached hydrogens (tertiary/aromatic N) is 10. The van der Waals surface area contributed by atoms with Crippen LogP contribution in [0.25, 0.3) is 20.6 Å². The molecular formula is C47H68Fe2N10Si2. The average Bonchev–Trinajstić information content (AvgIpc) is 3.16. The monoisotopic (exact) mass is 940 g/mol. The number of rotatable bonds is 14. The van der Waals surface area contributed by atoms with Gasteiger partial charge in [0, 0.05) is 69.8 Å². The molecule has 0 radical (unpaired) electrons. The first-order valence-corrected chi connectivity index (χ1v) is 26.2. The Kier molecular flexibility index (Phi) is 31.9. The standard InChI is InChI=1S/3C13H14N3.C6H18NSi2.2CH4.2Fe/c3*1-11-5-4-7-13(16-11)10-14-9-12-6-2-3-8-15-12;1-8(2,3)7-9(4,5)6;;;;/h3*2-8H,9-10H2,1H3;1-6H3;2*1H4;;/q4*-1;;;2*+2. The van der Waals surface area contributed by atoms with Crippen LogP contribution >= 0.6 is 0 Å². The van der Waals surface area contributed by atoms with Gasteiger partial charge in [-0.2, -0.15) is 0 Å². The summed E-state index contributed by atoms with van der Waals surface area (Å²) < 4.78 is 4.82. The van der Waals surface area contributed by atoms with Gasteiger partial charge in [-0.3, -0.25) is 29.9 Å². The maximum absolute atomic E-state index is 4.82. The Hall–Kier alpha value is -3.79. The first-order valence-electron chi connectivity index (χ1n) is 19.4. The molecule has 0 N–H and O–H groups in total. The molecule has 0 fully saturated rings. The van der Waals surface area contributed by atoms with Crippen molar-refractivity contribution >= 4 is 16.5 Å². The molecule has 0 aromatic carbocycles. The predicted octanol–water partition coefficient (Wildman–Crippen LogP) is 12.9. The van der Waals surface area contributed by atoms with E-state index in [2.05, 4.69) is 85.1 Å². The third kappa shape index (κ3) is 30.0. The predicted molar refractivity (Wildman–Crippen MR) is 255 cm³/mol. The quantitative estimate of drug-likeness (QED) is 0.0998. The molecule has 61 heavy (non-hydrogen) atoms. The second kappa shape index (κ2) is 32.9. The largest absolute Gasteiger partial charge is 2.00 e. The average molecular weight is 941 g/mol. The molecule has 0 amide bonds. The Labute approximate surface area is 392 Å². The van der Waals surface area contributed by atoms with Crippen LogP contribution in [0.5, 0.6) is 0 Å². The summed E-state index contributed by atoms with van der Waals surface area (Å²) in [4.78, 5) is 25.8. The van der Waals surface area contributed by atoms with Crippen LogP contribution in [0.4, 0.5) is 0 Å². The van der Waals surface area contributed by atoms with E-state index >= 15 is 0 Å².